The van der Waals surface area contributed by atoms with Crippen molar-refractivity contribution >= 4 is 17.5 Å². The lowest BCUT2D eigenvalue weighted by molar-refractivity contribution is -0.0328. The van der Waals surface area contributed by atoms with Gasteiger partial charge >= 0.3 is 5.51 Å². The number of allylic oxidation sites excluding steroid dienone is 1. The highest BCUT2D eigenvalue weighted by molar-refractivity contribution is 8.00. The maximum absolute atomic E-state index is 12.6. The minimum Gasteiger partial charge on any atom is -0.378 e. The maximum atomic E-state index is 12.6. The topological polar surface area (TPSA) is 38.3 Å². The number of benzene rings is 2. The van der Waals surface area contributed by atoms with Crippen LogP contribution < -0.4 is 5.32 Å². The summed E-state index contributed by atoms with van der Waals surface area (Å²) in [5.74, 6) is -0.123. The number of ketones is 1. The Morgan fingerprint density at radius 3 is 2.37 bits per heavy atom. The quantitative estimate of drug-likeness (QED) is 0.449. The van der Waals surface area contributed by atoms with Crippen LogP contribution in [0.25, 0.3) is 0 Å². The van der Waals surface area contributed by atoms with Crippen LogP contribution in [0.2, 0.25) is 0 Å². The standard InChI is InChI=1S/C23H22F3NO2S/c1-16-14-19(27-15-21(28)17-6-4-3-5-7-17)12-13-22(16,29-2)18-8-10-20(11-9-18)30-23(24,25)26/h3-14,16,27H,15H2,1-2H3. The Labute approximate surface area is 178 Å². The SMILES string of the molecule is COC1(c2ccc(SC(F)(F)F)cc2)C=CC(NCC(=O)c2ccccc2)=CC1C. The van der Waals surface area contributed by atoms with Crippen LogP contribution in [0.3, 0.4) is 0 Å². The van der Waals surface area contributed by atoms with E-state index < -0.39 is 11.1 Å². The van der Waals surface area contributed by atoms with Gasteiger partial charge in [-0.2, -0.15) is 13.2 Å². The molecule has 30 heavy (non-hydrogen) atoms. The minimum atomic E-state index is -4.32. The fraction of sp³-hybridized carbons (Fsp3) is 0.261. The zero-order valence-electron chi connectivity index (χ0n) is 16.6. The number of rotatable bonds is 7. The van der Waals surface area contributed by atoms with Crippen LogP contribution in [-0.2, 0) is 10.3 Å². The van der Waals surface area contributed by atoms with Crippen molar-refractivity contribution in [3.63, 3.8) is 0 Å². The number of ether oxygens (including phenoxy) is 1. The first kappa shape index (κ1) is 22.2. The van der Waals surface area contributed by atoms with E-state index in [-0.39, 0.29) is 34.9 Å². The zero-order chi connectivity index (χ0) is 21.8. The van der Waals surface area contributed by atoms with Crippen LogP contribution in [-0.4, -0.2) is 24.9 Å². The third kappa shape index (κ3) is 5.15. The molecule has 1 N–H and O–H groups in total. The van der Waals surface area contributed by atoms with Crippen LogP contribution in [0.5, 0.6) is 0 Å². The van der Waals surface area contributed by atoms with Crippen molar-refractivity contribution < 1.29 is 22.7 Å². The molecule has 7 heteroatoms. The third-order valence-corrected chi connectivity index (χ3v) is 5.78. The van der Waals surface area contributed by atoms with Crippen LogP contribution in [0.4, 0.5) is 13.2 Å². The number of hydrogen-bond donors (Lipinski definition) is 1. The van der Waals surface area contributed by atoms with Gasteiger partial charge < -0.3 is 10.1 Å². The predicted octanol–water partition coefficient (Wildman–Crippen LogP) is 5.70. The van der Waals surface area contributed by atoms with Gasteiger partial charge in [0.25, 0.3) is 0 Å². The molecule has 0 fully saturated rings. The van der Waals surface area contributed by atoms with Crippen molar-refractivity contribution in [2.45, 2.75) is 22.9 Å². The second kappa shape index (κ2) is 9.10. The molecule has 2 atom stereocenters. The molecule has 3 nitrogen and oxygen atoms in total. The highest BCUT2D eigenvalue weighted by Crippen LogP contribution is 2.41. The fourth-order valence-corrected chi connectivity index (χ4v) is 4.03. The molecule has 0 bridgehead atoms. The van der Waals surface area contributed by atoms with Crippen LogP contribution in [0.15, 0.2) is 83.4 Å². The molecule has 0 aliphatic heterocycles. The third-order valence-electron chi connectivity index (χ3n) is 5.04. The van der Waals surface area contributed by atoms with E-state index in [1.807, 2.05) is 43.4 Å². The van der Waals surface area contributed by atoms with Gasteiger partial charge in [-0.05, 0) is 41.6 Å². The summed E-state index contributed by atoms with van der Waals surface area (Å²) in [4.78, 5) is 12.4. The number of carbonyl (C=O) groups excluding carboxylic acids is 1. The number of nitrogens with one attached hydrogen (secondary N) is 1. The molecule has 158 valence electrons. The molecular weight excluding hydrogens is 411 g/mol. The summed E-state index contributed by atoms with van der Waals surface area (Å²) in [6, 6.07) is 15.3. The highest BCUT2D eigenvalue weighted by atomic mass is 32.2. The Bertz CT molecular complexity index is 939. The van der Waals surface area contributed by atoms with Gasteiger partial charge in [-0.3, -0.25) is 4.79 Å². The van der Waals surface area contributed by atoms with Gasteiger partial charge in [0.2, 0.25) is 0 Å². The first-order valence-corrected chi connectivity index (χ1v) is 10.2. The van der Waals surface area contributed by atoms with E-state index >= 15 is 0 Å². The number of carbonyl (C=O) groups is 1. The Morgan fingerprint density at radius 1 is 1.13 bits per heavy atom. The summed E-state index contributed by atoms with van der Waals surface area (Å²) in [6.07, 6.45) is 5.67. The van der Waals surface area contributed by atoms with Crippen molar-refractivity contribution in [3.05, 3.63) is 89.6 Å². The molecule has 0 saturated heterocycles. The fourth-order valence-electron chi connectivity index (χ4n) is 3.49. The molecule has 2 aromatic rings. The predicted molar refractivity (Wildman–Crippen MR) is 112 cm³/mol. The van der Waals surface area contributed by atoms with Gasteiger partial charge in [0.05, 0.1) is 6.54 Å². The van der Waals surface area contributed by atoms with E-state index in [1.165, 1.54) is 12.1 Å². The lowest BCUT2D eigenvalue weighted by atomic mass is 9.78. The van der Waals surface area contributed by atoms with E-state index in [2.05, 4.69) is 5.32 Å². The normalized spacial score (nSPS) is 21.2. The summed E-state index contributed by atoms with van der Waals surface area (Å²) >= 11 is -0.141. The molecule has 2 unspecified atom stereocenters. The Balaban J connectivity index is 1.70. The van der Waals surface area contributed by atoms with E-state index in [9.17, 15) is 18.0 Å². The molecule has 2 aromatic carbocycles. The molecule has 1 aliphatic carbocycles. The van der Waals surface area contributed by atoms with Crippen molar-refractivity contribution in [1.82, 2.24) is 5.32 Å². The Hall–Kier alpha value is -2.51. The van der Waals surface area contributed by atoms with Crippen molar-refractivity contribution in [1.29, 1.82) is 0 Å². The van der Waals surface area contributed by atoms with Crippen molar-refractivity contribution in [2.24, 2.45) is 5.92 Å². The minimum absolute atomic E-state index is 0.0149. The number of Topliss-reactive ketones (excluding diaryl/α,β-unsaturated/α-hetero) is 1. The lowest BCUT2D eigenvalue weighted by Gasteiger charge is -2.37. The van der Waals surface area contributed by atoms with Gasteiger partial charge in [0.1, 0.15) is 5.60 Å². The Morgan fingerprint density at radius 2 is 1.80 bits per heavy atom. The lowest BCUT2D eigenvalue weighted by Crippen LogP contribution is -2.36. The molecule has 0 saturated carbocycles. The molecule has 1 aliphatic rings. The average molecular weight is 433 g/mol. The number of thioether (sulfide) groups is 1. The first-order chi connectivity index (χ1) is 14.2. The molecule has 0 heterocycles. The van der Waals surface area contributed by atoms with Gasteiger partial charge in [0.15, 0.2) is 5.78 Å². The maximum Gasteiger partial charge on any atom is 0.446 e. The molecule has 0 amide bonds. The first-order valence-electron chi connectivity index (χ1n) is 9.38. The monoisotopic (exact) mass is 433 g/mol. The van der Waals surface area contributed by atoms with Gasteiger partial charge in [-0.25, -0.2) is 0 Å². The van der Waals surface area contributed by atoms with Crippen LogP contribution in [0.1, 0.15) is 22.8 Å². The molecule has 0 radical (unpaired) electrons. The van der Waals surface area contributed by atoms with Gasteiger partial charge in [-0.15, -0.1) is 0 Å². The highest BCUT2D eigenvalue weighted by Gasteiger charge is 2.37. The number of methoxy groups -OCH3 is 1. The summed E-state index contributed by atoms with van der Waals surface area (Å²) in [6.45, 7) is 2.13. The smallest absolute Gasteiger partial charge is 0.378 e. The van der Waals surface area contributed by atoms with Crippen LogP contribution in [0, 0.1) is 5.92 Å². The summed E-state index contributed by atoms with van der Waals surface area (Å²) in [7, 11) is 1.57. The van der Waals surface area contributed by atoms with E-state index in [1.54, 1.807) is 31.4 Å². The van der Waals surface area contributed by atoms with E-state index in [0.717, 1.165) is 11.3 Å². The van der Waals surface area contributed by atoms with Crippen LogP contribution >= 0.6 is 11.8 Å². The van der Waals surface area contributed by atoms with Gasteiger partial charge in [0, 0.05) is 29.2 Å². The molecular formula is C23H22F3NO2S. The second-order valence-corrected chi connectivity index (χ2v) is 8.09. The number of halogens is 3. The summed E-state index contributed by atoms with van der Waals surface area (Å²) < 4.78 is 43.5. The number of hydrogen-bond acceptors (Lipinski definition) is 4. The Kier molecular flexibility index (Phi) is 6.73. The van der Waals surface area contributed by atoms with E-state index in [0.29, 0.717) is 5.56 Å². The average Bonchev–Trinajstić information content (AvgIpc) is 2.72. The molecule has 0 aromatic heterocycles. The summed E-state index contributed by atoms with van der Waals surface area (Å²) in [5.41, 5.74) is -2.92. The van der Waals surface area contributed by atoms with E-state index in [4.69, 9.17) is 4.74 Å². The van der Waals surface area contributed by atoms with Crippen molar-refractivity contribution in [3.8, 4) is 0 Å². The second-order valence-electron chi connectivity index (χ2n) is 6.96. The summed E-state index contributed by atoms with van der Waals surface area (Å²) in [5, 5.41) is 3.14. The number of alkyl halides is 3. The van der Waals surface area contributed by atoms with Crippen molar-refractivity contribution in [2.75, 3.05) is 13.7 Å². The largest absolute Gasteiger partial charge is 0.446 e. The van der Waals surface area contributed by atoms with Gasteiger partial charge in [-0.1, -0.05) is 55.5 Å². The zero-order valence-corrected chi connectivity index (χ0v) is 17.4. The molecule has 3 rings (SSSR count). The molecule has 0 spiro atoms.